The Morgan fingerprint density at radius 3 is 2.33 bits per heavy atom. The van der Waals surface area contributed by atoms with Crippen LogP contribution in [0.15, 0.2) is 33.5 Å². The van der Waals surface area contributed by atoms with Crippen molar-refractivity contribution < 1.29 is 9.59 Å². The minimum Gasteiger partial charge on any atom is -0.381 e. The third-order valence-corrected chi connectivity index (χ3v) is 3.92. The molecule has 0 saturated carbocycles. The van der Waals surface area contributed by atoms with E-state index < -0.39 is 0 Å². The Morgan fingerprint density at radius 2 is 1.72 bits per heavy atom. The van der Waals surface area contributed by atoms with Crippen LogP contribution in [0.4, 0.5) is 0 Å². The Bertz CT molecular complexity index is 534. The molecule has 1 aliphatic rings. The maximum Gasteiger partial charge on any atom is 0.210 e. The molecule has 0 radical (unpaired) electrons. The van der Waals surface area contributed by atoms with Crippen LogP contribution < -0.4 is 5.32 Å². The summed E-state index contributed by atoms with van der Waals surface area (Å²) in [6, 6.07) is 6.98. The molecule has 0 fully saturated rings. The van der Waals surface area contributed by atoms with Gasteiger partial charge in [0.05, 0.1) is 3.58 Å². The van der Waals surface area contributed by atoms with Gasteiger partial charge in [-0.25, -0.2) is 0 Å². The summed E-state index contributed by atoms with van der Waals surface area (Å²) in [6.07, 6.45) is 2.03. The van der Waals surface area contributed by atoms with Gasteiger partial charge < -0.3 is 5.32 Å². The Hall–Kier alpha value is -1.17. The number of hydrogen-bond donors (Lipinski definition) is 1. The predicted molar refractivity (Wildman–Crippen MR) is 79.1 cm³/mol. The van der Waals surface area contributed by atoms with Gasteiger partial charge in [0.25, 0.3) is 0 Å². The fraction of sp³-hybridized carbons (Fsp3) is 0.286. The van der Waals surface area contributed by atoms with Crippen LogP contribution in [0.3, 0.4) is 0 Å². The Balaban J connectivity index is 2.34. The molecular weight excluding hydrogens is 341 g/mol. The zero-order valence-electron chi connectivity index (χ0n) is 10.1. The van der Waals surface area contributed by atoms with E-state index >= 15 is 0 Å². The molecule has 0 amide bonds. The summed E-state index contributed by atoms with van der Waals surface area (Å²) in [4.78, 5) is 24.4. The van der Waals surface area contributed by atoms with E-state index in [-0.39, 0.29) is 11.6 Å². The lowest BCUT2D eigenvalue weighted by Crippen LogP contribution is -2.29. The first-order valence-corrected chi connectivity index (χ1v) is 7.06. The fourth-order valence-electron chi connectivity index (χ4n) is 1.89. The highest BCUT2D eigenvalue weighted by atomic mass is 127. The SMILES string of the molecule is CCCCNC1=C(I)C(=O)c2ccccc2C1=O. The van der Waals surface area contributed by atoms with Gasteiger partial charge in [-0.15, -0.1) is 0 Å². The van der Waals surface area contributed by atoms with Gasteiger partial charge >= 0.3 is 0 Å². The molecule has 1 aromatic carbocycles. The average molecular weight is 355 g/mol. The van der Waals surface area contributed by atoms with E-state index in [1.807, 2.05) is 22.6 Å². The highest BCUT2D eigenvalue weighted by Gasteiger charge is 2.30. The number of hydrogen-bond acceptors (Lipinski definition) is 3. The Kier molecular flexibility index (Phi) is 4.16. The van der Waals surface area contributed by atoms with Crippen LogP contribution in [0.5, 0.6) is 0 Å². The van der Waals surface area contributed by atoms with E-state index in [1.54, 1.807) is 24.3 Å². The molecule has 18 heavy (non-hydrogen) atoms. The Morgan fingerprint density at radius 1 is 1.11 bits per heavy atom. The van der Waals surface area contributed by atoms with Gasteiger partial charge in [0.1, 0.15) is 5.70 Å². The van der Waals surface area contributed by atoms with Crippen molar-refractivity contribution in [2.45, 2.75) is 19.8 Å². The summed E-state index contributed by atoms with van der Waals surface area (Å²) >= 11 is 1.96. The van der Waals surface area contributed by atoms with Crippen molar-refractivity contribution in [3.8, 4) is 0 Å². The normalized spacial score (nSPS) is 14.8. The molecule has 0 bridgehead atoms. The van der Waals surface area contributed by atoms with Crippen LogP contribution in [0.25, 0.3) is 0 Å². The number of carbonyl (C=O) groups excluding carboxylic acids is 2. The zero-order chi connectivity index (χ0) is 13.1. The highest BCUT2D eigenvalue weighted by Crippen LogP contribution is 2.28. The van der Waals surface area contributed by atoms with Gasteiger partial charge in [-0.2, -0.15) is 0 Å². The van der Waals surface area contributed by atoms with E-state index in [9.17, 15) is 9.59 Å². The molecule has 4 heteroatoms. The topological polar surface area (TPSA) is 46.2 Å². The van der Waals surface area contributed by atoms with Crippen LogP contribution in [-0.2, 0) is 0 Å². The number of halogens is 1. The quantitative estimate of drug-likeness (QED) is 0.667. The van der Waals surface area contributed by atoms with Crippen LogP contribution in [0, 0.1) is 0 Å². The summed E-state index contributed by atoms with van der Waals surface area (Å²) in [5, 5.41) is 3.10. The molecule has 0 aliphatic heterocycles. The molecule has 0 unspecified atom stereocenters. The summed E-state index contributed by atoms with van der Waals surface area (Å²) in [7, 11) is 0. The van der Waals surface area contributed by atoms with Crippen molar-refractivity contribution in [3.05, 3.63) is 44.7 Å². The molecular formula is C14H14INO2. The maximum absolute atomic E-state index is 12.3. The molecule has 94 valence electrons. The van der Waals surface area contributed by atoms with Gasteiger partial charge in [0, 0.05) is 17.7 Å². The molecule has 1 aromatic rings. The summed E-state index contributed by atoms with van der Waals surface area (Å²) < 4.78 is 0.493. The number of carbonyl (C=O) groups is 2. The first kappa shape index (κ1) is 13.3. The van der Waals surface area contributed by atoms with Gasteiger partial charge in [-0.3, -0.25) is 9.59 Å². The number of rotatable bonds is 4. The van der Waals surface area contributed by atoms with Crippen molar-refractivity contribution >= 4 is 34.2 Å². The molecule has 0 aromatic heterocycles. The zero-order valence-corrected chi connectivity index (χ0v) is 12.3. The molecule has 3 nitrogen and oxygen atoms in total. The molecule has 0 spiro atoms. The fourth-order valence-corrected chi connectivity index (χ4v) is 2.62. The predicted octanol–water partition coefficient (Wildman–Crippen LogP) is 3.10. The lowest BCUT2D eigenvalue weighted by Gasteiger charge is -2.18. The van der Waals surface area contributed by atoms with E-state index in [4.69, 9.17) is 0 Å². The summed E-state index contributed by atoms with van der Waals surface area (Å²) in [6.45, 7) is 2.81. The molecule has 1 aliphatic carbocycles. The first-order valence-electron chi connectivity index (χ1n) is 5.99. The molecule has 0 heterocycles. The number of Topliss-reactive ketones (excluding diaryl/α,β-unsaturated/α-hetero) is 2. The van der Waals surface area contributed by atoms with Crippen LogP contribution in [0.1, 0.15) is 40.5 Å². The van der Waals surface area contributed by atoms with Crippen molar-refractivity contribution in [3.63, 3.8) is 0 Å². The molecule has 0 atom stereocenters. The molecule has 1 N–H and O–H groups in total. The number of fused-ring (bicyclic) bond motifs is 1. The van der Waals surface area contributed by atoms with E-state index in [2.05, 4.69) is 12.2 Å². The van der Waals surface area contributed by atoms with Crippen molar-refractivity contribution in [1.82, 2.24) is 5.32 Å². The number of nitrogens with one attached hydrogen (secondary N) is 1. The minimum atomic E-state index is -0.0781. The second-order valence-corrected chi connectivity index (χ2v) is 5.25. The highest BCUT2D eigenvalue weighted by molar-refractivity contribution is 14.1. The van der Waals surface area contributed by atoms with E-state index in [1.165, 1.54) is 0 Å². The van der Waals surface area contributed by atoms with Crippen LogP contribution >= 0.6 is 22.6 Å². The third kappa shape index (κ3) is 2.34. The van der Waals surface area contributed by atoms with Gasteiger partial charge in [0.2, 0.25) is 11.6 Å². The monoisotopic (exact) mass is 355 g/mol. The van der Waals surface area contributed by atoms with Crippen molar-refractivity contribution in [2.75, 3.05) is 6.54 Å². The van der Waals surface area contributed by atoms with Gasteiger partial charge in [-0.05, 0) is 29.0 Å². The second kappa shape index (κ2) is 5.65. The smallest absolute Gasteiger partial charge is 0.210 e. The summed E-state index contributed by atoms with van der Waals surface area (Å²) in [5.74, 6) is -0.143. The number of unbranched alkanes of at least 4 members (excludes halogenated alkanes) is 1. The largest absolute Gasteiger partial charge is 0.381 e. The van der Waals surface area contributed by atoms with E-state index in [0.717, 1.165) is 19.4 Å². The number of benzene rings is 1. The van der Waals surface area contributed by atoms with Gasteiger partial charge in [-0.1, -0.05) is 37.6 Å². The van der Waals surface area contributed by atoms with Crippen molar-refractivity contribution in [1.29, 1.82) is 0 Å². The standard InChI is InChI=1S/C14H14INO2/c1-2-3-8-16-12-11(15)13(17)9-6-4-5-7-10(9)14(12)18/h4-7,16H,2-3,8H2,1H3. The maximum atomic E-state index is 12.3. The summed E-state index contributed by atoms with van der Waals surface area (Å²) in [5.41, 5.74) is 1.46. The van der Waals surface area contributed by atoms with E-state index in [0.29, 0.717) is 20.4 Å². The van der Waals surface area contributed by atoms with Gasteiger partial charge in [0.15, 0.2) is 0 Å². The molecule has 0 saturated heterocycles. The number of allylic oxidation sites excluding steroid dienone is 2. The first-order chi connectivity index (χ1) is 8.66. The lowest BCUT2D eigenvalue weighted by molar-refractivity contribution is 0.0977. The minimum absolute atomic E-state index is 0.0650. The van der Waals surface area contributed by atoms with Crippen LogP contribution in [-0.4, -0.2) is 18.1 Å². The lowest BCUT2D eigenvalue weighted by atomic mass is 9.92. The Labute approximate surface area is 120 Å². The molecule has 2 rings (SSSR count). The van der Waals surface area contributed by atoms with Crippen molar-refractivity contribution in [2.24, 2.45) is 0 Å². The number of ketones is 2. The average Bonchev–Trinajstić information content (AvgIpc) is 2.40. The third-order valence-electron chi connectivity index (χ3n) is 2.89. The van der Waals surface area contributed by atoms with Crippen LogP contribution in [0.2, 0.25) is 0 Å². The second-order valence-electron chi connectivity index (χ2n) is 4.17.